The number of amides is 1. The largest absolute Gasteiger partial charge is 0.444 e. The molecule has 1 fully saturated rings. The summed E-state index contributed by atoms with van der Waals surface area (Å²) in [6.45, 7) is 5.38. The number of nitrogens with one attached hydrogen (secondary N) is 1. The molecule has 0 heterocycles. The zero-order valence-corrected chi connectivity index (χ0v) is 10.7. The molecule has 4 heteroatoms. The molecule has 1 aliphatic carbocycles. The molecule has 2 atom stereocenters. The summed E-state index contributed by atoms with van der Waals surface area (Å²) >= 11 is 0. The van der Waals surface area contributed by atoms with Crippen molar-refractivity contribution in [3.8, 4) is 0 Å². The first-order valence-corrected chi connectivity index (χ1v) is 6.35. The summed E-state index contributed by atoms with van der Waals surface area (Å²) in [4.78, 5) is 13.5. The summed E-state index contributed by atoms with van der Waals surface area (Å²) in [5.41, 5.74) is 0. The number of hydrogen-bond donors (Lipinski definition) is 1. The van der Waals surface area contributed by atoms with E-state index in [-0.39, 0.29) is 12.2 Å². The molecule has 0 aromatic heterocycles. The first kappa shape index (κ1) is 13.3. The molecule has 94 valence electrons. The molecule has 0 bridgehead atoms. The highest BCUT2D eigenvalue weighted by Gasteiger charge is 2.28. The fourth-order valence-corrected chi connectivity index (χ4v) is 2.25. The second-order valence-electron chi connectivity index (χ2n) is 4.27. The first-order valence-electron chi connectivity index (χ1n) is 6.35. The van der Waals surface area contributed by atoms with Crippen LogP contribution in [0, 0.1) is 0 Å². The molecular weight excluding hydrogens is 204 g/mol. The second kappa shape index (κ2) is 6.74. The van der Waals surface area contributed by atoms with Crippen LogP contribution >= 0.6 is 0 Å². The molecule has 1 N–H and O–H groups in total. The lowest BCUT2D eigenvalue weighted by Gasteiger charge is -2.32. The molecule has 0 aromatic rings. The van der Waals surface area contributed by atoms with Crippen molar-refractivity contribution in [1.29, 1.82) is 0 Å². The number of nitrogens with zero attached hydrogens (tertiary/aromatic N) is 1. The van der Waals surface area contributed by atoms with Gasteiger partial charge in [0.15, 0.2) is 0 Å². The number of hydrogen-bond acceptors (Lipinski definition) is 3. The van der Waals surface area contributed by atoms with Crippen molar-refractivity contribution < 1.29 is 9.53 Å². The van der Waals surface area contributed by atoms with Crippen molar-refractivity contribution in [3.05, 3.63) is 0 Å². The van der Waals surface area contributed by atoms with Crippen LogP contribution in [0.25, 0.3) is 0 Å². The summed E-state index contributed by atoms with van der Waals surface area (Å²) in [7, 11) is 1.94. The molecule has 1 aliphatic rings. The van der Waals surface area contributed by atoms with Gasteiger partial charge in [-0.15, -0.1) is 0 Å². The summed E-state index contributed by atoms with van der Waals surface area (Å²) in [5, 5.41) is 3.24. The lowest BCUT2D eigenvalue weighted by Crippen LogP contribution is -2.45. The Hall–Kier alpha value is -0.770. The van der Waals surface area contributed by atoms with Crippen molar-refractivity contribution in [1.82, 2.24) is 10.2 Å². The minimum absolute atomic E-state index is 0.0480. The highest BCUT2D eigenvalue weighted by molar-refractivity contribution is 5.67. The molecule has 1 rings (SSSR count). The Morgan fingerprint density at radius 2 is 1.94 bits per heavy atom. The predicted octanol–water partition coefficient (Wildman–Crippen LogP) is 2.00. The Morgan fingerprint density at radius 1 is 1.31 bits per heavy atom. The van der Waals surface area contributed by atoms with E-state index in [1.54, 1.807) is 4.90 Å². The second-order valence-corrected chi connectivity index (χ2v) is 4.27. The quantitative estimate of drug-likeness (QED) is 0.800. The van der Waals surface area contributed by atoms with Gasteiger partial charge in [0.05, 0.1) is 0 Å². The van der Waals surface area contributed by atoms with Gasteiger partial charge in [-0.3, -0.25) is 0 Å². The van der Waals surface area contributed by atoms with Gasteiger partial charge in [0, 0.05) is 19.1 Å². The van der Waals surface area contributed by atoms with Crippen LogP contribution in [0.3, 0.4) is 0 Å². The SMILES string of the molecule is CCN(CC)C(=O)OC1CCCCC1NC. The van der Waals surface area contributed by atoms with Crippen molar-refractivity contribution in [2.75, 3.05) is 20.1 Å². The van der Waals surface area contributed by atoms with Gasteiger partial charge in [0.1, 0.15) is 6.10 Å². The van der Waals surface area contributed by atoms with E-state index in [2.05, 4.69) is 5.32 Å². The maximum absolute atomic E-state index is 11.8. The minimum Gasteiger partial charge on any atom is -0.444 e. The van der Waals surface area contributed by atoms with Crippen LogP contribution in [-0.4, -0.2) is 43.3 Å². The molecule has 2 unspecified atom stereocenters. The molecule has 0 aromatic carbocycles. The minimum atomic E-state index is -0.169. The molecular formula is C12H24N2O2. The third kappa shape index (κ3) is 3.37. The van der Waals surface area contributed by atoms with Crippen LogP contribution in [0.5, 0.6) is 0 Å². The van der Waals surface area contributed by atoms with Gasteiger partial charge in [-0.1, -0.05) is 6.42 Å². The van der Waals surface area contributed by atoms with Gasteiger partial charge < -0.3 is 15.0 Å². The molecule has 0 spiro atoms. The van der Waals surface area contributed by atoms with Gasteiger partial charge in [0.25, 0.3) is 0 Å². The Labute approximate surface area is 98.3 Å². The van der Waals surface area contributed by atoms with Crippen molar-refractivity contribution in [2.45, 2.75) is 51.7 Å². The summed E-state index contributed by atoms with van der Waals surface area (Å²) < 4.78 is 5.56. The van der Waals surface area contributed by atoms with Gasteiger partial charge in [0.2, 0.25) is 0 Å². The van der Waals surface area contributed by atoms with Gasteiger partial charge in [-0.05, 0) is 40.2 Å². The van der Waals surface area contributed by atoms with Crippen LogP contribution in [0.4, 0.5) is 4.79 Å². The Morgan fingerprint density at radius 3 is 2.50 bits per heavy atom. The third-order valence-electron chi connectivity index (χ3n) is 3.35. The molecule has 0 saturated heterocycles. The van der Waals surface area contributed by atoms with E-state index in [0.29, 0.717) is 19.1 Å². The highest BCUT2D eigenvalue weighted by atomic mass is 16.6. The van der Waals surface area contributed by atoms with Crippen LogP contribution in [0.15, 0.2) is 0 Å². The van der Waals surface area contributed by atoms with Crippen molar-refractivity contribution in [3.63, 3.8) is 0 Å². The maximum Gasteiger partial charge on any atom is 0.410 e. The van der Waals surface area contributed by atoms with E-state index in [0.717, 1.165) is 19.3 Å². The number of likely N-dealkylation sites (N-methyl/N-ethyl adjacent to an activating group) is 1. The Bertz CT molecular complexity index is 217. The fourth-order valence-electron chi connectivity index (χ4n) is 2.25. The van der Waals surface area contributed by atoms with Crippen LogP contribution < -0.4 is 5.32 Å². The monoisotopic (exact) mass is 228 g/mol. The lowest BCUT2D eigenvalue weighted by molar-refractivity contribution is 0.0314. The van der Waals surface area contributed by atoms with Crippen molar-refractivity contribution in [2.24, 2.45) is 0 Å². The molecule has 16 heavy (non-hydrogen) atoms. The third-order valence-corrected chi connectivity index (χ3v) is 3.35. The summed E-state index contributed by atoms with van der Waals surface area (Å²) in [6.07, 6.45) is 4.36. The zero-order chi connectivity index (χ0) is 12.0. The topological polar surface area (TPSA) is 41.6 Å². The number of rotatable bonds is 4. The van der Waals surface area contributed by atoms with E-state index in [1.165, 1.54) is 6.42 Å². The van der Waals surface area contributed by atoms with Crippen molar-refractivity contribution >= 4 is 6.09 Å². The van der Waals surface area contributed by atoms with Gasteiger partial charge in [-0.2, -0.15) is 0 Å². The van der Waals surface area contributed by atoms with Crippen LogP contribution in [-0.2, 0) is 4.74 Å². The number of ether oxygens (including phenoxy) is 1. The van der Waals surface area contributed by atoms with Crippen LogP contribution in [0.1, 0.15) is 39.5 Å². The zero-order valence-electron chi connectivity index (χ0n) is 10.7. The van der Waals surface area contributed by atoms with E-state index in [9.17, 15) is 4.79 Å². The summed E-state index contributed by atoms with van der Waals surface area (Å²) in [6, 6.07) is 0.327. The predicted molar refractivity (Wildman–Crippen MR) is 64.5 cm³/mol. The first-order chi connectivity index (χ1) is 7.72. The highest BCUT2D eigenvalue weighted by Crippen LogP contribution is 2.21. The van der Waals surface area contributed by atoms with E-state index >= 15 is 0 Å². The van der Waals surface area contributed by atoms with E-state index in [4.69, 9.17) is 4.74 Å². The maximum atomic E-state index is 11.8. The average molecular weight is 228 g/mol. The van der Waals surface area contributed by atoms with Gasteiger partial charge in [-0.25, -0.2) is 4.79 Å². The Balaban J connectivity index is 2.47. The Kier molecular flexibility index (Phi) is 5.60. The molecule has 1 amide bonds. The van der Waals surface area contributed by atoms with E-state index < -0.39 is 0 Å². The fraction of sp³-hybridized carbons (Fsp3) is 0.917. The molecule has 0 radical (unpaired) electrons. The summed E-state index contributed by atoms with van der Waals surface area (Å²) in [5.74, 6) is 0. The normalized spacial score (nSPS) is 25.2. The molecule has 0 aliphatic heterocycles. The number of carbonyl (C=O) groups is 1. The average Bonchev–Trinajstić information content (AvgIpc) is 2.31. The molecule has 1 saturated carbocycles. The van der Waals surface area contributed by atoms with E-state index in [1.807, 2.05) is 20.9 Å². The standard InChI is InChI=1S/C12H24N2O2/c1-4-14(5-2)12(15)16-11-9-7-6-8-10(11)13-3/h10-11,13H,4-9H2,1-3H3. The molecule has 4 nitrogen and oxygen atoms in total. The number of carbonyl (C=O) groups excluding carboxylic acids is 1. The smallest absolute Gasteiger partial charge is 0.410 e. The van der Waals surface area contributed by atoms with Gasteiger partial charge >= 0.3 is 6.09 Å². The lowest BCUT2D eigenvalue weighted by atomic mass is 9.92. The van der Waals surface area contributed by atoms with Crippen LogP contribution in [0.2, 0.25) is 0 Å².